The Labute approximate surface area is 132 Å². The molecule has 7 heteroatoms. The smallest absolute Gasteiger partial charge is 0.348 e. The second-order valence-electron chi connectivity index (χ2n) is 6.12. The third-order valence-electron chi connectivity index (χ3n) is 4.21. The van der Waals surface area contributed by atoms with E-state index >= 15 is 0 Å². The van der Waals surface area contributed by atoms with Crippen LogP contribution in [0.4, 0.5) is 0 Å². The van der Waals surface area contributed by atoms with Gasteiger partial charge in [-0.1, -0.05) is 0 Å². The number of hydrogen-bond acceptors (Lipinski definition) is 6. The molecule has 1 aromatic rings. The first-order valence-corrected chi connectivity index (χ1v) is 8.05. The normalized spacial score (nSPS) is 26.5. The van der Waals surface area contributed by atoms with Crippen molar-refractivity contribution >= 4 is 23.2 Å². The van der Waals surface area contributed by atoms with Gasteiger partial charge in [0.1, 0.15) is 22.3 Å². The summed E-state index contributed by atoms with van der Waals surface area (Å²) in [7, 11) is 1.32. The number of esters is 1. The average Bonchev–Trinajstić information content (AvgIpc) is 3.05. The van der Waals surface area contributed by atoms with Crippen molar-refractivity contribution in [2.45, 2.75) is 44.4 Å². The van der Waals surface area contributed by atoms with E-state index in [1.165, 1.54) is 18.4 Å². The summed E-state index contributed by atoms with van der Waals surface area (Å²) in [6.45, 7) is 4.18. The van der Waals surface area contributed by atoms with Crippen LogP contribution in [0.3, 0.4) is 0 Å². The van der Waals surface area contributed by atoms with Crippen molar-refractivity contribution in [3.8, 4) is 5.75 Å². The van der Waals surface area contributed by atoms with Gasteiger partial charge < -0.3 is 19.5 Å². The van der Waals surface area contributed by atoms with Crippen molar-refractivity contribution in [1.82, 2.24) is 4.90 Å². The maximum absolute atomic E-state index is 12.1. The molecule has 2 aliphatic rings. The summed E-state index contributed by atoms with van der Waals surface area (Å²) in [4.78, 5) is 26.7. The highest BCUT2D eigenvalue weighted by atomic mass is 32.1. The summed E-state index contributed by atoms with van der Waals surface area (Å²) in [6.07, 6.45) is 0.425. The molecule has 1 N–H and O–H groups in total. The van der Waals surface area contributed by atoms with Crippen LogP contribution in [-0.4, -0.2) is 47.2 Å². The van der Waals surface area contributed by atoms with Crippen LogP contribution in [-0.2, 0) is 9.53 Å². The molecule has 1 amide bonds. The van der Waals surface area contributed by atoms with Crippen LogP contribution in [0.1, 0.15) is 47.3 Å². The van der Waals surface area contributed by atoms with Crippen molar-refractivity contribution in [1.29, 1.82) is 0 Å². The molecule has 0 bridgehead atoms. The van der Waals surface area contributed by atoms with Gasteiger partial charge in [-0.15, -0.1) is 11.3 Å². The van der Waals surface area contributed by atoms with Crippen molar-refractivity contribution in [2.24, 2.45) is 0 Å². The Morgan fingerprint density at radius 3 is 2.86 bits per heavy atom. The van der Waals surface area contributed by atoms with Crippen LogP contribution in [0.25, 0.3) is 0 Å². The first-order chi connectivity index (χ1) is 10.3. The van der Waals surface area contributed by atoms with E-state index < -0.39 is 23.7 Å². The summed E-state index contributed by atoms with van der Waals surface area (Å²) in [5.74, 6) is 0.132. The number of carbonyl (C=O) groups excluding carboxylic acids is 2. The van der Waals surface area contributed by atoms with E-state index in [9.17, 15) is 14.7 Å². The molecule has 120 valence electrons. The highest BCUT2D eigenvalue weighted by molar-refractivity contribution is 7.14. The Morgan fingerprint density at radius 2 is 2.27 bits per heavy atom. The van der Waals surface area contributed by atoms with Gasteiger partial charge in [0.25, 0.3) is 0 Å². The van der Waals surface area contributed by atoms with E-state index in [2.05, 4.69) is 0 Å². The maximum atomic E-state index is 12.1. The van der Waals surface area contributed by atoms with Crippen LogP contribution in [0.2, 0.25) is 0 Å². The minimum atomic E-state index is -0.855. The van der Waals surface area contributed by atoms with Gasteiger partial charge in [-0.3, -0.25) is 4.79 Å². The molecule has 0 aliphatic carbocycles. The molecular weight excluding hydrogens is 306 g/mol. The molecule has 6 nitrogen and oxygen atoms in total. The number of fused-ring (bicyclic) bond motifs is 1. The molecule has 3 rings (SSSR count). The van der Waals surface area contributed by atoms with E-state index in [1.54, 1.807) is 24.8 Å². The number of aliphatic hydroxyl groups excluding tert-OH is 1. The highest BCUT2D eigenvalue weighted by Gasteiger charge is 2.48. The van der Waals surface area contributed by atoms with Crippen LogP contribution in [0.15, 0.2) is 6.07 Å². The minimum Gasteiger partial charge on any atom is -0.484 e. The lowest BCUT2D eigenvalue weighted by molar-refractivity contribution is -0.139. The first kappa shape index (κ1) is 15.3. The number of thiophene rings is 1. The second-order valence-corrected chi connectivity index (χ2v) is 7.20. The van der Waals surface area contributed by atoms with Gasteiger partial charge in [0.2, 0.25) is 5.91 Å². The number of hydrogen-bond donors (Lipinski definition) is 1. The van der Waals surface area contributed by atoms with Gasteiger partial charge in [0, 0.05) is 19.0 Å². The Hall–Kier alpha value is -1.60. The molecule has 0 spiro atoms. The molecule has 0 saturated carbocycles. The molecule has 0 aromatic carbocycles. The fraction of sp³-hybridized carbons (Fsp3) is 0.600. The van der Waals surface area contributed by atoms with Crippen LogP contribution < -0.4 is 4.74 Å². The van der Waals surface area contributed by atoms with Gasteiger partial charge in [-0.2, -0.15) is 0 Å². The topological polar surface area (TPSA) is 76.1 Å². The Bertz CT molecular complexity index is 623. The molecule has 0 unspecified atom stereocenters. The zero-order chi connectivity index (χ0) is 16.1. The molecule has 0 radical (unpaired) electrons. The maximum Gasteiger partial charge on any atom is 0.348 e. The third kappa shape index (κ3) is 2.28. The van der Waals surface area contributed by atoms with Gasteiger partial charge >= 0.3 is 5.97 Å². The lowest BCUT2D eigenvalue weighted by Gasteiger charge is -2.43. The SMILES string of the molecule is COC(=O)c1cc2c(s1)[C@H](N1CCCC1=O)[C@@H](O)C(C)(C)O2. The number of rotatable bonds is 2. The van der Waals surface area contributed by atoms with Gasteiger partial charge in [-0.05, 0) is 20.3 Å². The van der Waals surface area contributed by atoms with Crippen molar-refractivity contribution in [3.63, 3.8) is 0 Å². The van der Waals surface area contributed by atoms with E-state index in [0.29, 0.717) is 28.5 Å². The number of aliphatic hydroxyl groups is 1. The second kappa shape index (κ2) is 5.24. The average molecular weight is 325 g/mol. The first-order valence-electron chi connectivity index (χ1n) is 7.23. The predicted molar refractivity (Wildman–Crippen MR) is 80.1 cm³/mol. The van der Waals surface area contributed by atoms with E-state index in [0.717, 1.165) is 6.42 Å². The zero-order valence-corrected chi connectivity index (χ0v) is 13.6. The molecule has 1 aromatic heterocycles. The summed E-state index contributed by atoms with van der Waals surface area (Å²) < 4.78 is 10.6. The largest absolute Gasteiger partial charge is 0.484 e. The van der Waals surface area contributed by atoms with Gasteiger partial charge in [-0.25, -0.2) is 4.79 Å². The number of carbonyl (C=O) groups is 2. The lowest BCUT2D eigenvalue weighted by Crippen LogP contribution is -2.53. The Kier molecular flexibility index (Phi) is 3.65. The number of likely N-dealkylation sites (tertiary alicyclic amines) is 1. The monoisotopic (exact) mass is 325 g/mol. The molecule has 22 heavy (non-hydrogen) atoms. The summed E-state index contributed by atoms with van der Waals surface area (Å²) in [6, 6.07) is 1.16. The minimum absolute atomic E-state index is 0.0284. The number of ether oxygens (including phenoxy) is 2. The number of methoxy groups -OCH3 is 1. The zero-order valence-electron chi connectivity index (χ0n) is 12.8. The molecule has 2 aliphatic heterocycles. The quantitative estimate of drug-likeness (QED) is 0.838. The fourth-order valence-electron chi connectivity index (χ4n) is 3.02. The molecule has 2 atom stereocenters. The summed E-state index contributed by atoms with van der Waals surface area (Å²) in [5.41, 5.74) is -0.838. The van der Waals surface area contributed by atoms with Crippen LogP contribution >= 0.6 is 11.3 Å². The van der Waals surface area contributed by atoms with Crippen LogP contribution in [0.5, 0.6) is 5.75 Å². The van der Waals surface area contributed by atoms with Crippen molar-refractivity contribution in [3.05, 3.63) is 15.8 Å². The molecule has 1 fully saturated rings. The third-order valence-corrected chi connectivity index (χ3v) is 5.38. The van der Waals surface area contributed by atoms with E-state index in [-0.39, 0.29) is 5.91 Å². The molecule has 1 saturated heterocycles. The number of nitrogens with zero attached hydrogens (tertiary/aromatic N) is 1. The standard InChI is InChI=1S/C15H19NO5S/c1-15(2)13(18)11(16-6-4-5-10(16)17)12-8(21-15)7-9(22-12)14(19)20-3/h7,11,13,18H,4-6H2,1-3H3/t11-,13+/m0/s1. The summed E-state index contributed by atoms with van der Waals surface area (Å²) >= 11 is 1.22. The van der Waals surface area contributed by atoms with Crippen molar-refractivity contribution < 1.29 is 24.2 Å². The number of amides is 1. The van der Waals surface area contributed by atoms with Gasteiger partial charge in [0.15, 0.2) is 0 Å². The molecular formula is C15H19NO5S. The Morgan fingerprint density at radius 1 is 1.55 bits per heavy atom. The van der Waals surface area contributed by atoms with Crippen LogP contribution in [0, 0.1) is 0 Å². The summed E-state index contributed by atoms with van der Waals surface area (Å²) in [5, 5.41) is 10.7. The predicted octanol–water partition coefficient (Wildman–Crippen LogP) is 1.73. The lowest BCUT2D eigenvalue weighted by atomic mass is 9.90. The van der Waals surface area contributed by atoms with Gasteiger partial charge in [0.05, 0.1) is 18.0 Å². The highest BCUT2D eigenvalue weighted by Crippen LogP contribution is 2.48. The molecule has 3 heterocycles. The fourth-order valence-corrected chi connectivity index (χ4v) is 4.17. The van der Waals surface area contributed by atoms with Crippen molar-refractivity contribution in [2.75, 3.05) is 13.7 Å². The Balaban J connectivity index is 2.07. The van der Waals surface area contributed by atoms with E-state index in [1.807, 2.05) is 0 Å². The van der Waals surface area contributed by atoms with E-state index in [4.69, 9.17) is 9.47 Å².